The van der Waals surface area contributed by atoms with Gasteiger partial charge in [0.15, 0.2) is 0 Å². The first-order valence-corrected chi connectivity index (χ1v) is 4.57. The SMILES string of the molecule is CCCn1nnnc1SC(=O)Cl. The number of rotatable bonds is 3. The van der Waals surface area contributed by atoms with E-state index < -0.39 is 4.57 Å². The van der Waals surface area contributed by atoms with Crippen LogP contribution in [0.3, 0.4) is 0 Å². The maximum atomic E-state index is 10.5. The minimum Gasteiger partial charge on any atom is -0.268 e. The minimum atomic E-state index is -0.526. The van der Waals surface area contributed by atoms with E-state index in [0.29, 0.717) is 11.7 Å². The lowest BCUT2D eigenvalue weighted by atomic mass is 10.5. The minimum absolute atomic E-state index is 0.442. The second-order valence-electron chi connectivity index (χ2n) is 2.02. The number of thioether (sulfide) groups is 1. The summed E-state index contributed by atoms with van der Waals surface area (Å²) in [7, 11) is 0. The quantitative estimate of drug-likeness (QED) is 0.555. The highest BCUT2D eigenvalue weighted by atomic mass is 35.5. The molecule has 0 saturated heterocycles. The zero-order valence-electron chi connectivity index (χ0n) is 6.40. The molecule has 0 aliphatic rings. The third kappa shape index (κ3) is 2.46. The predicted octanol–water partition coefficient (Wildman–Crippen LogP) is 1.53. The van der Waals surface area contributed by atoms with E-state index in [1.165, 1.54) is 0 Å². The van der Waals surface area contributed by atoms with Gasteiger partial charge in [-0.05, 0) is 28.4 Å². The molecule has 0 spiro atoms. The van der Waals surface area contributed by atoms with Crippen LogP contribution < -0.4 is 0 Å². The lowest BCUT2D eigenvalue weighted by Gasteiger charge is -1.97. The van der Waals surface area contributed by atoms with Gasteiger partial charge in [-0.3, -0.25) is 4.79 Å². The van der Waals surface area contributed by atoms with Crippen LogP contribution >= 0.6 is 23.4 Å². The van der Waals surface area contributed by atoms with E-state index in [-0.39, 0.29) is 0 Å². The van der Waals surface area contributed by atoms with Crippen molar-refractivity contribution in [2.45, 2.75) is 25.0 Å². The Morgan fingerprint density at radius 2 is 2.50 bits per heavy atom. The lowest BCUT2D eigenvalue weighted by Crippen LogP contribution is -2.01. The number of aryl methyl sites for hydroxylation is 1. The maximum absolute atomic E-state index is 10.5. The van der Waals surface area contributed by atoms with Crippen molar-refractivity contribution in [3.8, 4) is 0 Å². The molecule has 0 aliphatic heterocycles. The van der Waals surface area contributed by atoms with Crippen LogP contribution in [0.1, 0.15) is 13.3 Å². The Balaban J connectivity index is 2.69. The fourth-order valence-electron chi connectivity index (χ4n) is 0.693. The summed E-state index contributed by atoms with van der Waals surface area (Å²) >= 11 is 5.98. The van der Waals surface area contributed by atoms with Crippen LogP contribution in [0.2, 0.25) is 0 Å². The molecule has 0 amide bonds. The Hall–Kier alpha value is -0.620. The van der Waals surface area contributed by atoms with Crippen molar-refractivity contribution in [3.05, 3.63) is 0 Å². The van der Waals surface area contributed by atoms with Crippen LogP contribution in [0.4, 0.5) is 4.79 Å². The number of aromatic nitrogens is 4. The van der Waals surface area contributed by atoms with E-state index in [2.05, 4.69) is 15.5 Å². The van der Waals surface area contributed by atoms with Crippen LogP contribution in [0.5, 0.6) is 0 Å². The van der Waals surface area contributed by atoms with Gasteiger partial charge in [0.25, 0.3) is 4.57 Å². The number of hydrogen-bond acceptors (Lipinski definition) is 5. The highest BCUT2D eigenvalue weighted by Gasteiger charge is 2.09. The molecule has 0 aliphatic carbocycles. The van der Waals surface area contributed by atoms with Crippen molar-refractivity contribution in [1.29, 1.82) is 0 Å². The Labute approximate surface area is 78.5 Å². The van der Waals surface area contributed by atoms with E-state index in [1.54, 1.807) is 4.68 Å². The van der Waals surface area contributed by atoms with Gasteiger partial charge in [0.05, 0.1) is 0 Å². The van der Waals surface area contributed by atoms with Gasteiger partial charge in [-0.2, -0.15) is 0 Å². The fraction of sp³-hybridized carbons (Fsp3) is 0.600. The summed E-state index contributed by atoms with van der Waals surface area (Å²) in [4.78, 5) is 10.5. The fourth-order valence-corrected chi connectivity index (χ4v) is 1.35. The molecule has 0 N–H and O–H groups in total. The van der Waals surface area contributed by atoms with Gasteiger partial charge in [-0.1, -0.05) is 6.92 Å². The maximum Gasteiger partial charge on any atom is 0.287 e. The van der Waals surface area contributed by atoms with Crippen molar-refractivity contribution in [2.75, 3.05) is 0 Å². The van der Waals surface area contributed by atoms with Crippen LogP contribution in [0.25, 0.3) is 0 Å². The molecule has 0 fully saturated rings. The zero-order chi connectivity index (χ0) is 8.97. The number of hydrogen-bond donors (Lipinski definition) is 0. The molecule has 12 heavy (non-hydrogen) atoms. The van der Waals surface area contributed by atoms with Crippen molar-refractivity contribution < 1.29 is 4.79 Å². The molecule has 1 rings (SSSR count). The van der Waals surface area contributed by atoms with E-state index >= 15 is 0 Å². The average Bonchev–Trinajstić information content (AvgIpc) is 2.37. The number of carbonyl (C=O) groups excluding carboxylic acids is 1. The molecule has 1 aromatic rings. The van der Waals surface area contributed by atoms with Crippen LogP contribution in [0, 0.1) is 0 Å². The smallest absolute Gasteiger partial charge is 0.268 e. The van der Waals surface area contributed by atoms with Crippen molar-refractivity contribution in [3.63, 3.8) is 0 Å². The highest BCUT2D eigenvalue weighted by Crippen LogP contribution is 2.17. The molecule has 1 aromatic heterocycles. The molecule has 0 radical (unpaired) electrons. The second-order valence-corrected chi connectivity index (χ2v) is 3.53. The topological polar surface area (TPSA) is 60.7 Å². The molecule has 66 valence electrons. The van der Waals surface area contributed by atoms with Gasteiger partial charge < -0.3 is 0 Å². The summed E-state index contributed by atoms with van der Waals surface area (Å²) in [6, 6.07) is 0. The first kappa shape index (κ1) is 9.47. The van der Waals surface area contributed by atoms with Gasteiger partial charge in [0.2, 0.25) is 5.16 Å². The molecular weight excluding hydrogens is 200 g/mol. The summed E-state index contributed by atoms with van der Waals surface area (Å²) in [6.45, 7) is 2.69. The average molecular weight is 207 g/mol. The van der Waals surface area contributed by atoms with Crippen LogP contribution in [-0.2, 0) is 6.54 Å². The molecule has 0 aromatic carbocycles. The summed E-state index contributed by atoms with van der Waals surface area (Å²) in [5, 5.41) is 11.2. The first-order valence-electron chi connectivity index (χ1n) is 3.37. The second kappa shape index (κ2) is 4.42. The molecule has 0 bridgehead atoms. The molecule has 0 saturated carbocycles. The van der Waals surface area contributed by atoms with E-state index in [9.17, 15) is 4.79 Å². The molecule has 7 heteroatoms. The standard InChI is InChI=1S/C5H7ClN4OS/c1-2-3-10-5(7-8-9-10)12-4(6)11/h2-3H2,1H3. The van der Waals surface area contributed by atoms with Crippen LogP contribution in [0.15, 0.2) is 5.16 Å². The van der Waals surface area contributed by atoms with Crippen molar-refractivity contribution in [2.24, 2.45) is 0 Å². The van der Waals surface area contributed by atoms with E-state index in [1.807, 2.05) is 6.92 Å². The predicted molar refractivity (Wildman–Crippen MR) is 45.2 cm³/mol. The number of tetrazole rings is 1. The largest absolute Gasteiger partial charge is 0.287 e. The Bertz CT molecular complexity index is 276. The first-order chi connectivity index (χ1) is 5.74. The number of nitrogens with zero attached hydrogens (tertiary/aromatic N) is 4. The molecule has 0 unspecified atom stereocenters. The third-order valence-corrected chi connectivity index (χ3v) is 1.97. The van der Waals surface area contributed by atoms with Crippen molar-refractivity contribution in [1.82, 2.24) is 20.2 Å². The van der Waals surface area contributed by atoms with Gasteiger partial charge in [-0.25, -0.2) is 4.68 Å². The summed E-state index contributed by atoms with van der Waals surface area (Å²) < 4.78 is 1.02. The summed E-state index contributed by atoms with van der Waals surface area (Å²) in [5.41, 5.74) is 0. The van der Waals surface area contributed by atoms with Gasteiger partial charge >= 0.3 is 0 Å². The van der Waals surface area contributed by atoms with Gasteiger partial charge in [0, 0.05) is 18.3 Å². The van der Waals surface area contributed by atoms with Gasteiger partial charge in [0.1, 0.15) is 0 Å². The molecule has 5 nitrogen and oxygen atoms in total. The molecule has 0 atom stereocenters. The third-order valence-electron chi connectivity index (χ3n) is 1.11. The van der Waals surface area contributed by atoms with Gasteiger partial charge in [-0.15, -0.1) is 5.10 Å². The Kier molecular flexibility index (Phi) is 3.48. The Morgan fingerprint density at radius 3 is 3.08 bits per heavy atom. The highest BCUT2D eigenvalue weighted by molar-refractivity contribution is 8.16. The van der Waals surface area contributed by atoms with E-state index in [4.69, 9.17) is 11.6 Å². The summed E-state index contributed by atoms with van der Waals surface area (Å²) in [5.74, 6) is 0. The number of halogens is 1. The summed E-state index contributed by atoms with van der Waals surface area (Å²) in [6.07, 6.45) is 0.912. The monoisotopic (exact) mass is 206 g/mol. The Morgan fingerprint density at radius 1 is 1.75 bits per heavy atom. The molecule has 1 heterocycles. The van der Waals surface area contributed by atoms with E-state index in [0.717, 1.165) is 18.2 Å². The lowest BCUT2D eigenvalue weighted by molar-refractivity contribution is 0.275. The molecular formula is C5H7ClN4OS. The van der Waals surface area contributed by atoms with Crippen molar-refractivity contribution >= 4 is 27.9 Å². The zero-order valence-corrected chi connectivity index (χ0v) is 7.97. The van der Waals surface area contributed by atoms with Crippen LogP contribution in [-0.4, -0.2) is 24.8 Å². The number of carbonyl (C=O) groups is 1. The normalized spacial score (nSPS) is 10.2.